The van der Waals surface area contributed by atoms with E-state index < -0.39 is 0 Å². The smallest absolute Gasteiger partial charge is 0.220 e. The lowest BCUT2D eigenvalue weighted by molar-refractivity contribution is -0.121. The summed E-state index contributed by atoms with van der Waals surface area (Å²) in [5.74, 6) is 0.0858. The van der Waals surface area contributed by atoms with Gasteiger partial charge in [0.2, 0.25) is 11.8 Å². The summed E-state index contributed by atoms with van der Waals surface area (Å²) < 4.78 is 0. The van der Waals surface area contributed by atoms with Gasteiger partial charge in [-0.3, -0.25) is 14.6 Å². The van der Waals surface area contributed by atoms with Crippen LogP contribution in [-0.2, 0) is 16.1 Å². The molecular weight excluding hydrogens is 316 g/mol. The fourth-order valence-electron chi connectivity index (χ4n) is 2.46. The first kappa shape index (κ1) is 18.7. The number of nitrogens with one attached hydrogen (secondary N) is 3. The van der Waals surface area contributed by atoms with Crippen molar-refractivity contribution in [3.05, 3.63) is 54.5 Å². The van der Waals surface area contributed by atoms with Gasteiger partial charge in [0, 0.05) is 25.6 Å². The minimum absolute atomic E-state index is 0.0262. The molecule has 25 heavy (non-hydrogen) atoms. The van der Waals surface area contributed by atoms with Crippen molar-refractivity contribution < 1.29 is 9.59 Å². The van der Waals surface area contributed by atoms with E-state index in [-0.39, 0.29) is 17.9 Å². The number of nitrogens with zero attached hydrogens (tertiary/aromatic N) is 1. The molecule has 1 aliphatic rings. The number of rotatable bonds is 10. The molecule has 0 spiro atoms. The standard InChI is InChI=1S/C19H26N4O2/c24-18(22-14-16-8-4-6-12-20-16)10-2-1-3-11-19(25)23-15-17-9-5-7-13-21-17/h4-9,12-13,16,20H,1-3,10-11,14-15H2,(H,22,24)(H,23,25). The number of carbonyl (C=O) groups is 2. The Morgan fingerprint density at radius 2 is 1.84 bits per heavy atom. The molecule has 1 aromatic heterocycles. The van der Waals surface area contributed by atoms with Crippen LogP contribution in [0.5, 0.6) is 0 Å². The molecular formula is C19H26N4O2. The summed E-state index contributed by atoms with van der Waals surface area (Å²) in [4.78, 5) is 27.7. The summed E-state index contributed by atoms with van der Waals surface area (Å²) in [6.45, 7) is 1.05. The topological polar surface area (TPSA) is 83.1 Å². The first-order valence-corrected chi connectivity index (χ1v) is 8.77. The van der Waals surface area contributed by atoms with E-state index >= 15 is 0 Å². The molecule has 1 unspecified atom stereocenters. The number of amides is 2. The fourth-order valence-corrected chi connectivity index (χ4v) is 2.46. The first-order chi connectivity index (χ1) is 12.2. The monoisotopic (exact) mass is 342 g/mol. The van der Waals surface area contributed by atoms with Crippen LogP contribution in [0.15, 0.2) is 48.8 Å². The van der Waals surface area contributed by atoms with Crippen LogP contribution in [0.2, 0.25) is 0 Å². The highest BCUT2D eigenvalue weighted by Gasteiger charge is 2.07. The van der Waals surface area contributed by atoms with Crippen LogP contribution in [-0.4, -0.2) is 29.4 Å². The van der Waals surface area contributed by atoms with E-state index in [2.05, 4.69) is 20.9 Å². The predicted molar refractivity (Wildman–Crippen MR) is 97.4 cm³/mol. The van der Waals surface area contributed by atoms with Gasteiger partial charge in [-0.2, -0.15) is 0 Å². The Kier molecular flexibility index (Phi) is 8.24. The Morgan fingerprint density at radius 1 is 1.04 bits per heavy atom. The van der Waals surface area contributed by atoms with Crippen molar-refractivity contribution in [1.29, 1.82) is 0 Å². The lowest BCUT2D eigenvalue weighted by Crippen LogP contribution is -2.38. The van der Waals surface area contributed by atoms with E-state index in [1.54, 1.807) is 6.20 Å². The number of pyridine rings is 1. The number of unbranched alkanes of at least 4 members (excludes halogenated alkanes) is 2. The quantitative estimate of drug-likeness (QED) is 0.566. The second-order valence-corrected chi connectivity index (χ2v) is 5.98. The van der Waals surface area contributed by atoms with Crippen molar-refractivity contribution in [2.24, 2.45) is 0 Å². The van der Waals surface area contributed by atoms with Crippen molar-refractivity contribution >= 4 is 11.8 Å². The van der Waals surface area contributed by atoms with E-state index in [9.17, 15) is 9.59 Å². The minimum Gasteiger partial charge on any atom is -0.383 e. The highest BCUT2D eigenvalue weighted by molar-refractivity contribution is 5.76. The molecule has 0 fully saturated rings. The fraction of sp³-hybridized carbons (Fsp3) is 0.421. The normalized spacial score (nSPS) is 15.4. The van der Waals surface area contributed by atoms with Crippen molar-refractivity contribution in [3.63, 3.8) is 0 Å². The van der Waals surface area contributed by atoms with E-state index in [0.717, 1.165) is 25.0 Å². The van der Waals surface area contributed by atoms with Gasteiger partial charge in [-0.15, -0.1) is 0 Å². The zero-order valence-electron chi connectivity index (χ0n) is 14.4. The zero-order chi connectivity index (χ0) is 17.7. The molecule has 2 rings (SSSR count). The maximum absolute atomic E-state index is 11.8. The third-order valence-corrected chi connectivity index (χ3v) is 3.88. The average molecular weight is 342 g/mol. The highest BCUT2D eigenvalue weighted by Crippen LogP contribution is 2.04. The minimum atomic E-state index is 0.0262. The van der Waals surface area contributed by atoms with E-state index in [0.29, 0.717) is 25.9 Å². The molecule has 2 amide bonds. The van der Waals surface area contributed by atoms with Gasteiger partial charge in [-0.05, 0) is 37.3 Å². The molecule has 0 saturated heterocycles. The molecule has 0 saturated carbocycles. The average Bonchev–Trinajstić information content (AvgIpc) is 2.66. The Bertz CT molecular complexity index is 599. The molecule has 2 heterocycles. The molecule has 6 heteroatoms. The number of allylic oxidation sites excluding steroid dienone is 2. The van der Waals surface area contributed by atoms with Crippen LogP contribution in [0, 0.1) is 0 Å². The van der Waals surface area contributed by atoms with Gasteiger partial charge in [0.05, 0.1) is 18.3 Å². The van der Waals surface area contributed by atoms with Crippen molar-refractivity contribution in [2.75, 3.05) is 6.54 Å². The maximum Gasteiger partial charge on any atom is 0.220 e. The number of aromatic nitrogens is 1. The lowest BCUT2D eigenvalue weighted by atomic mass is 10.1. The summed E-state index contributed by atoms with van der Waals surface area (Å²) in [6, 6.07) is 5.79. The van der Waals surface area contributed by atoms with Crippen LogP contribution < -0.4 is 16.0 Å². The Hall–Kier alpha value is -2.63. The summed E-state index contributed by atoms with van der Waals surface area (Å²) in [5.41, 5.74) is 0.852. The lowest BCUT2D eigenvalue weighted by Gasteiger charge is -2.16. The molecule has 1 aromatic rings. The van der Waals surface area contributed by atoms with Crippen molar-refractivity contribution in [2.45, 2.75) is 44.7 Å². The van der Waals surface area contributed by atoms with Crippen molar-refractivity contribution in [3.8, 4) is 0 Å². The van der Waals surface area contributed by atoms with Gasteiger partial charge < -0.3 is 16.0 Å². The van der Waals surface area contributed by atoms with E-state index in [1.807, 2.05) is 42.6 Å². The van der Waals surface area contributed by atoms with Gasteiger partial charge >= 0.3 is 0 Å². The molecule has 0 aromatic carbocycles. The van der Waals surface area contributed by atoms with Gasteiger partial charge in [0.25, 0.3) is 0 Å². The second kappa shape index (κ2) is 11.0. The van der Waals surface area contributed by atoms with Crippen LogP contribution in [0.4, 0.5) is 0 Å². The van der Waals surface area contributed by atoms with Gasteiger partial charge in [-0.1, -0.05) is 24.6 Å². The second-order valence-electron chi connectivity index (χ2n) is 5.98. The summed E-state index contributed by atoms with van der Waals surface area (Å²) >= 11 is 0. The third kappa shape index (κ3) is 8.15. The first-order valence-electron chi connectivity index (χ1n) is 8.77. The number of dihydropyridines is 1. The molecule has 0 radical (unpaired) electrons. The number of carbonyl (C=O) groups excluding carboxylic acids is 2. The molecule has 0 aliphatic carbocycles. The Balaban J connectivity index is 1.45. The summed E-state index contributed by atoms with van der Waals surface area (Å²) in [6.07, 6.45) is 12.9. The molecule has 3 N–H and O–H groups in total. The molecule has 6 nitrogen and oxygen atoms in total. The summed E-state index contributed by atoms with van der Waals surface area (Å²) in [7, 11) is 0. The Labute approximate surface area is 148 Å². The molecule has 1 atom stereocenters. The van der Waals surface area contributed by atoms with Crippen LogP contribution >= 0.6 is 0 Å². The highest BCUT2D eigenvalue weighted by atomic mass is 16.2. The third-order valence-electron chi connectivity index (χ3n) is 3.88. The zero-order valence-corrected chi connectivity index (χ0v) is 14.4. The molecule has 1 aliphatic heterocycles. The van der Waals surface area contributed by atoms with Crippen molar-refractivity contribution in [1.82, 2.24) is 20.9 Å². The predicted octanol–water partition coefficient (Wildman–Crippen LogP) is 1.81. The number of hydrogen-bond donors (Lipinski definition) is 3. The van der Waals surface area contributed by atoms with Gasteiger partial charge in [0.15, 0.2) is 0 Å². The molecule has 0 bridgehead atoms. The van der Waals surface area contributed by atoms with Crippen LogP contribution in [0.1, 0.15) is 37.8 Å². The maximum atomic E-state index is 11.8. The van der Waals surface area contributed by atoms with Crippen LogP contribution in [0.3, 0.4) is 0 Å². The summed E-state index contributed by atoms with van der Waals surface area (Å²) in [5, 5.41) is 8.93. The Morgan fingerprint density at radius 3 is 2.52 bits per heavy atom. The largest absolute Gasteiger partial charge is 0.383 e. The van der Waals surface area contributed by atoms with E-state index in [4.69, 9.17) is 0 Å². The SMILES string of the molecule is O=C(CCCCCC(=O)NCC1C=CC=CN1)NCc1ccccn1. The van der Waals surface area contributed by atoms with Gasteiger partial charge in [-0.25, -0.2) is 0 Å². The van der Waals surface area contributed by atoms with Crippen LogP contribution in [0.25, 0.3) is 0 Å². The van der Waals surface area contributed by atoms with Gasteiger partial charge in [0.1, 0.15) is 0 Å². The molecule has 134 valence electrons. The van der Waals surface area contributed by atoms with E-state index in [1.165, 1.54) is 0 Å². The number of hydrogen-bond acceptors (Lipinski definition) is 4.